The van der Waals surface area contributed by atoms with Crippen molar-refractivity contribution in [1.82, 2.24) is 19.5 Å². The third-order valence-corrected chi connectivity index (χ3v) is 7.30. The van der Waals surface area contributed by atoms with Gasteiger partial charge >= 0.3 is 0 Å². The molecule has 0 bridgehead atoms. The van der Waals surface area contributed by atoms with Crippen LogP contribution in [0.5, 0.6) is 0 Å². The van der Waals surface area contributed by atoms with Gasteiger partial charge < -0.3 is 21.1 Å². The Bertz CT molecular complexity index is 1230. The third-order valence-electron chi connectivity index (χ3n) is 7.30. The van der Waals surface area contributed by atoms with Crippen LogP contribution in [-0.4, -0.2) is 43.3 Å². The molecule has 1 atom stereocenters. The highest BCUT2D eigenvalue weighted by molar-refractivity contribution is 5.76. The van der Waals surface area contributed by atoms with Crippen molar-refractivity contribution in [3.05, 3.63) is 46.5 Å². The number of aromatic nitrogens is 4. The van der Waals surface area contributed by atoms with Gasteiger partial charge in [-0.2, -0.15) is 4.98 Å². The number of nitrogens with zero attached hydrogens (tertiary/aromatic N) is 5. The lowest BCUT2D eigenvalue weighted by Gasteiger charge is -2.27. The number of nitrogens with two attached hydrogens (primary N) is 1. The van der Waals surface area contributed by atoms with Crippen LogP contribution in [0.4, 0.5) is 17.5 Å². The van der Waals surface area contributed by atoms with Crippen molar-refractivity contribution in [2.24, 2.45) is 11.7 Å². The minimum atomic E-state index is -0.293. The highest BCUT2D eigenvalue weighted by atomic mass is 16.3. The van der Waals surface area contributed by atoms with E-state index in [1.165, 1.54) is 0 Å². The zero-order chi connectivity index (χ0) is 23.9. The largest absolute Gasteiger partial charge is 0.391 e. The van der Waals surface area contributed by atoms with Gasteiger partial charge in [0.15, 0.2) is 0 Å². The van der Waals surface area contributed by atoms with E-state index in [9.17, 15) is 9.90 Å². The van der Waals surface area contributed by atoms with E-state index in [1.807, 2.05) is 18.3 Å². The molecule has 4 N–H and O–H groups in total. The summed E-state index contributed by atoms with van der Waals surface area (Å²) >= 11 is 0. The van der Waals surface area contributed by atoms with Crippen molar-refractivity contribution >= 4 is 28.5 Å². The Kier molecular flexibility index (Phi) is 5.99. The average Bonchev–Trinajstić information content (AvgIpc) is 3.52. The fraction of sp³-hybridized carbons (Fsp3) is 0.520. The number of hydrogen-bond acceptors (Lipinski definition) is 8. The molecule has 2 aliphatic rings. The summed E-state index contributed by atoms with van der Waals surface area (Å²) in [5.74, 6) is 1.49. The van der Waals surface area contributed by atoms with Gasteiger partial charge in [-0.15, -0.1) is 0 Å². The molecular weight excluding hydrogens is 430 g/mol. The minimum absolute atomic E-state index is 0.101. The number of aliphatic hydroxyl groups is 1. The first-order valence-corrected chi connectivity index (χ1v) is 12.1. The summed E-state index contributed by atoms with van der Waals surface area (Å²) in [6.07, 6.45) is 8.70. The van der Waals surface area contributed by atoms with E-state index < -0.39 is 0 Å². The smallest absolute Gasteiger partial charge is 0.258 e. The molecule has 1 unspecified atom stereocenters. The molecule has 9 nitrogen and oxygen atoms in total. The van der Waals surface area contributed by atoms with Crippen molar-refractivity contribution < 1.29 is 5.11 Å². The molecule has 4 heterocycles. The van der Waals surface area contributed by atoms with E-state index in [4.69, 9.17) is 5.73 Å². The number of pyridine rings is 2. The summed E-state index contributed by atoms with van der Waals surface area (Å²) in [6, 6.07) is 5.75. The molecule has 0 radical (unpaired) electrons. The van der Waals surface area contributed by atoms with Crippen LogP contribution in [-0.2, 0) is 6.61 Å². The van der Waals surface area contributed by atoms with Gasteiger partial charge in [0.1, 0.15) is 11.5 Å². The maximum absolute atomic E-state index is 13.0. The monoisotopic (exact) mass is 463 g/mol. The average molecular weight is 464 g/mol. The lowest BCUT2D eigenvalue weighted by atomic mass is 9.88. The molecule has 3 aromatic heterocycles. The number of anilines is 3. The summed E-state index contributed by atoms with van der Waals surface area (Å²) in [5, 5.41) is 13.6. The van der Waals surface area contributed by atoms with Crippen LogP contribution in [0.2, 0.25) is 0 Å². The molecule has 3 aromatic rings. The first kappa shape index (κ1) is 22.7. The first-order valence-electron chi connectivity index (χ1n) is 12.1. The Hall–Kier alpha value is -3.04. The van der Waals surface area contributed by atoms with Crippen molar-refractivity contribution in [2.45, 2.75) is 64.1 Å². The van der Waals surface area contributed by atoms with Gasteiger partial charge in [0.25, 0.3) is 5.56 Å². The van der Waals surface area contributed by atoms with Crippen LogP contribution < -0.4 is 21.5 Å². The van der Waals surface area contributed by atoms with Crippen molar-refractivity contribution in [1.29, 1.82) is 0 Å². The van der Waals surface area contributed by atoms with Crippen molar-refractivity contribution in [3.63, 3.8) is 0 Å². The molecule has 1 saturated carbocycles. The van der Waals surface area contributed by atoms with Gasteiger partial charge in [0.2, 0.25) is 5.95 Å². The second kappa shape index (κ2) is 8.96. The normalized spacial score (nSPS) is 19.3. The highest BCUT2D eigenvalue weighted by Crippen LogP contribution is 2.31. The molecule has 180 valence electrons. The molecule has 1 aliphatic carbocycles. The van der Waals surface area contributed by atoms with Crippen LogP contribution >= 0.6 is 0 Å². The zero-order valence-corrected chi connectivity index (χ0v) is 19.9. The number of nitrogens with one attached hydrogen (secondary N) is 1. The predicted molar refractivity (Wildman–Crippen MR) is 133 cm³/mol. The zero-order valence-electron chi connectivity index (χ0n) is 19.9. The summed E-state index contributed by atoms with van der Waals surface area (Å²) < 4.78 is 1.75. The predicted octanol–water partition coefficient (Wildman–Crippen LogP) is 3.10. The molecule has 1 saturated heterocycles. The van der Waals surface area contributed by atoms with Gasteiger partial charge in [-0.05, 0) is 57.2 Å². The molecule has 0 aromatic carbocycles. The summed E-state index contributed by atoms with van der Waals surface area (Å²) in [6.45, 7) is 5.79. The topological polar surface area (TPSA) is 122 Å². The quantitative estimate of drug-likeness (QED) is 0.510. The fourth-order valence-electron chi connectivity index (χ4n) is 5.22. The number of hydrogen-bond donors (Lipinski definition) is 3. The van der Waals surface area contributed by atoms with Gasteiger partial charge in [-0.1, -0.05) is 12.8 Å². The van der Waals surface area contributed by atoms with Crippen molar-refractivity contribution in [3.8, 4) is 0 Å². The summed E-state index contributed by atoms with van der Waals surface area (Å²) in [4.78, 5) is 29.0. The first-order chi connectivity index (χ1) is 16.3. The SMILES string of the molecule is CC(C)(N)C1CCN(c2ccc(Nc3ncc4cc(CO)c(=O)n(C5CCCC5)c4n3)nc2)C1. The Labute approximate surface area is 199 Å². The maximum Gasteiger partial charge on any atom is 0.258 e. The molecule has 9 heteroatoms. The molecule has 1 aliphatic heterocycles. The van der Waals surface area contributed by atoms with Crippen LogP contribution in [0.15, 0.2) is 35.4 Å². The Morgan fingerprint density at radius 1 is 1.18 bits per heavy atom. The molecule has 5 rings (SSSR count). The highest BCUT2D eigenvalue weighted by Gasteiger charge is 2.32. The molecule has 0 spiro atoms. The second-order valence-corrected chi connectivity index (χ2v) is 10.2. The van der Waals surface area contributed by atoms with Crippen LogP contribution in [0, 0.1) is 5.92 Å². The Balaban J connectivity index is 1.39. The number of rotatable bonds is 6. The summed E-state index contributed by atoms with van der Waals surface area (Å²) in [5.41, 5.74) is 8.00. The van der Waals surface area contributed by atoms with E-state index in [2.05, 4.69) is 39.0 Å². The van der Waals surface area contributed by atoms with Crippen LogP contribution in [0.3, 0.4) is 0 Å². The molecule has 2 fully saturated rings. The minimum Gasteiger partial charge on any atom is -0.391 e. The van der Waals surface area contributed by atoms with Crippen molar-refractivity contribution in [2.75, 3.05) is 23.3 Å². The van der Waals surface area contributed by atoms with E-state index in [1.54, 1.807) is 16.8 Å². The lowest BCUT2D eigenvalue weighted by molar-refractivity contribution is 0.279. The fourth-order valence-corrected chi connectivity index (χ4v) is 5.22. The lowest BCUT2D eigenvalue weighted by Crippen LogP contribution is -2.42. The molecule has 34 heavy (non-hydrogen) atoms. The van der Waals surface area contributed by atoms with Gasteiger partial charge in [-0.3, -0.25) is 9.36 Å². The molecule has 0 amide bonds. The Morgan fingerprint density at radius 2 is 1.97 bits per heavy atom. The van der Waals surface area contributed by atoms with Crippen LogP contribution in [0.1, 0.15) is 57.6 Å². The van der Waals surface area contributed by atoms with Gasteiger partial charge in [0.05, 0.1) is 18.5 Å². The van der Waals surface area contributed by atoms with Gasteiger partial charge in [0, 0.05) is 41.8 Å². The summed E-state index contributed by atoms with van der Waals surface area (Å²) in [7, 11) is 0. The molecular formula is C25H33N7O2. The van der Waals surface area contributed by atoms with E-state index >= 15 is 0 Å². The second-order valence-electron chi connectivity index (χ2n) is 10.2. The number of aliphatic hydroxyl groups excluding tert-OH is 1. The Morgan fingerprint density at radius 3 is 2.62 bits per heavy atom. The number of fused-ring (bicyclic) bond motifs is 1. The van der Waals surface area contributed by atoms with E-state index in [0.717, 1.165) is 56.3 Å². The van der Waals surface area contributed by atoms with E-state index in [0.29, 0.717) is 28.9 Å². The van der Waals surface area contributed by atoms with Gasteiger partial charge in [-0.25, -0.2) is 9.97 Å². The maximum atomic E-state index is 13.0. The standard InChI is InChI=1S/C25H33N7O2/c1-25(2,26)18-9-10-31(14-18)20-7-8-21(27-13-20)29-24-28-12-16-11-17(15-33)23(34)32(22(16)30-24)19-5-3-4-6-19/h7-8,11-13,18-19,33H,3-6,9-10,14-15,26H2,1-2H3,(H,27,28,29,30). The third kappa shape index (κ3) is 4.37. The van der Waals surface area contributed by atoms with E-state index in [-0.39, 0.29) is 23.7 Å². The van der Waals surface area contributed by atoms with Crippen LogP contribution in [0.25, 0.3) is 11.0 Å².